The second kappa shape index (κ2) is 24.5. The van der Waals surface area contributed by atoms with Crippen molar-refractivity contribution >= 4 is 61.8 Å². The summed E-state index contributed by atoms with van der Waals surface area (Å²) in [6.07, 6.45) is 2.58. The second-order valence-electron chi connectivity index (χ2n) is 13.8. The Morgan fingerprint density at radius 2 is 1.50 bits per heavy atom. The normalized spacial score (nSPS) is 18.7. The number of azo groups is 1. The number of nitrogens with two attached hydrogens (primary N) is 1. The van der Waals surface area contributed by atoms with Gasteiger partial charge in [-0.1, -0.05) is 6.07 Å². The molecule has 58 heavy (non-hydrogen) atoms. The molecule has 1 saturated heterocycles. The maximum absolute atomic E-state index is 6.69. The second-order valence-corrected chi connectivity index (χ2v) is 16.0. The lowest BCUT2D eigenvalue weighted by Gasteiger charge is -2.29. The van der Waals surface area contributed by atoms with Crippen LogP contribution in [-0.2, 0) is 23.7 Å². The monoisotopic (exact) mass is 931 g/mol. The number of methoxy groups -OCH3 is 1. The van der Waals surface area contributed by atoms with Crippen LogP contribution in [0.3, 0.4) is 0 Å². The summed E-state index contributed by atoms with van der Waals surface area (Å²) in [6.45, 7) is 11.5. The highest BCUT2D eigenvalue weighted by atomic mass is 127. The van der Waals surface area contributed by atoms with Crippen molar-refractivity contribution in [3.05, 3.63) is 75.3 Å². The molecule has 2 aliphatic rings. The standard InChI is InChI=1S/C42H55IN6O8S/c1-32-3-7-37-40(27-32)56-19-14-49(38-8-5-35(29-41(38)57-25-20-50-2)46-47-42-44-10-26-58-42)13-18-55-39-28-34(43)4-6-36(39)45-30-33-9-15-51-21-22-52-16-11-48(37)12-17-53-23-24-54-31-33/h3-8,10,26-29,33,45H,9,11-25,30-31H2,1-2H3/p+1. The lowest BCUT2D eigenvalue weighted by molar-refractivity contribution is -0.579. The molecule has 2 N–H and O–H groups in total. The molecule has 0 radical (unpaired) electrons. The van der Waals surface area contributed by atoms with Crippen molar-refractivity contribution in [1.82, 2.24) is 4.98 Å². The van der Waals surface area contributed by atoms with Crippen LogP contribution < -0.4 is 29.3 Å². The van der Waals surface area contributed by atoms with Crippen molar-refractivity contribution in [1.29, 1.82) is 0 Å². The zero-order chi connectivity index (χ0) is 40.2. The summed E-state index contributed by atoms with van der Waals surface area (Å²) in [5, 5.41) is 13.5. The number of thiazole rings is 1. The van der Waals surface area contributed by atoms with E-state index in [4.69, 9.17) is 37.9 Å². The summed E-state index contributed by atoms with van der Waals surface area (Å²) in [5.41, 5.74) is 4.69. The first-order chi connectivity index (χ1) is 28.6. The topological polar surface area (TPSA) is 135 Å². The minimum atomic E-state index is 0.271. The van der Waals surface area contributed by atoms with E-state index in [2.05, 4.69) is 96.2 Å². The smallest absolute Gasteiger partial charge is 0.229 e. The number of hydrogen-bond acceptors (Lipinski definition) is 14. The predicted molar refractivity (Wildman–Crippen MR) is 234 cm³/mol. The van der Waals surface area contributed by atoms with Crippen LogP contribution in [0.15, 0.2) is 76.4 Å². The molecule has 0 spiro atoms. The Morgan fingerprint density at radius 1 is 0.776 bits per heavy atom. The van der Waals surface area contributed by atoms with E-state index < -0.39 is 0 Å². The molecule has 0 aliphatic carbocycles. The van der Waals surface area contributed by atoms with Crippen LogP contribution in [-0.4, -0.2) is 124 Å². The Bertz CT molecular complexity index is 1840. The lowest BCUT2D eigenvalue weighted by Crippen LogP contribution is -2.80. The maximum atomic E-state index is 6.69. The predicted octanol–water partition coefficient (Wildman–Crippen LogP) is 6.56. The Kier molecular flexibility index (Phi) is 18.5. The average Bonchev–Trinajstić information content (AvgIpc) is 3.75. The molecule has 1 atom stereocenters. The Hall–Kier alpha value is -3.62. The number of rotatable bonds is 7. The molecule has 3 heterocycles. The van der Waals surface area contributed by atoms with Gasteiger partial charge in [-0.05, 0) is 77.9 Å². The van der Waals surface area contributed by atoms with Crippen LogP contribution in [0.25, 0.3) is 0 Å². The Morgan fingerprint density at radius 3 is 2.28 bits per heavy atom. The molecule has 2 bridgehead atoms. The Labute approximate surface area is 359 Å². The summed E-state index contributed by atoms with van der Waals surface area (Å²) in [5.74, 6) is 2.57. The van der Waals surface area contributed by atoms with Gasteiger partial charge in [0.05, 0.1) is 89.6 Å². The van der Waals surface area contributed by atoms with E-state index in [-0.39, 0.29) is 5.92 Å². The van der Waals surface area contributed by atoms with Crippen molar-refractivity contribution in [3.63, 3.8) is 0 Å². The highest BCUT2D eigenvalue weighted by Crippen LogP contribution is 2.35. The molecular weight excluding hydrogens is 875 g/mol. The summed E-state index contributed by atoms with van der Waals surface area (Å²) >= 11 is 3.77. The van der Waals surface area contributed by atoms with E-state index in [1.54, 1.807) is 13.3 Å². The maximum Gasteiger partial charge on any atom is 0.229 e. The van der Waals surface area contributed by atoms with Crippen LogP contribution >= 0.6 is 33.9 Å². The van der Waals surface area contributed by atoms with Gasteiger partial charge in [0.2, 0.25) is 5.13 Å². The van der Waals surface area contributed by atoms with Crippen LogP contribution in [0.5, 0.6) is 17.2 Å². The lowest BCUT2D eigenvalue weighted by atomic mass is 10.1. The number of nitrogens with zero attached hydrogens (tertiary/aromatic N) is 5. The largest absolute Gasteiger partial charge is 0.490 e. The van der Waals surface area contributed by atoms with Gasteiger partial charge in [-0.3, -0.25) is 0 Å². The molecule has 4 aromatic rings. The molecule has 1 fully saturated rings. The highest BCUT2D eigenvalue weighted by Gasteiger charge is 2.20. The van der Waals surface area contributed by atoms with Crippen molar-refractivity contribution in [3.8, 4) is 17.2 Å². The first-order valence-corrected chi connectivity index (χ1v) is 21.9. The van der Waals surface area contributed by atoms with E-state index in [1.807, 2.05) is 23.6 Å². The molecule has 6 rings (SSSR count). The molecule has 314 valence electrons. The fraction of sp³-hybridized carbons (Fsp3) is 0.500. The van der Waals surface area contributed by atoms with Crippen LogP contribution in [0, 0.1) is 16.4 Å². The summed E-state index contributed by atoms with van der Waals surface area (Å²) < 4.78 is 50.4. The molecule has 0 saturated carbocycles. The zero-order valence-corrected chi connectivity index (χ0v) is 36.5. The van der Waals surface area contributed by atoms with Gasteiger partial charge in [0.1, 0.15) is 31.3 Å². The average molecular weight is 932 g/mol. The molecule has 2 aliphatic heterocycles. The molecule has 0 amide bonds. The van der Waals surface area contributed by atoms with E-state index in [0.717, 1.165) is 50.7 Å². The van der Waals surface area contributed by atoms with Gasteiger partial charge in [0, 0.05) is 60.0 Å². The van der Waals surface area contributed by atoms with Crippen molar-refractivity contribution in [2.45, 2.75) is 13.3 Å². The number of ether oxygens (including phenoxy) is 8. The van der Waals surface area contributed by atoms with Gasteiger partial charge >= 0.3 is 0 Å². The van der Waals surface area contributed by atoms with E-state index in [9.17, 15) is 0 Å². The summed E-state index contributed by atoms with van der Waals surface area (Å²) in [4.78, 5) is 8.75. The number of anilines is 2. The number of aryl methyl sites for hydroxylation is 1. The Balaban J connectivity index is 1.32. The van der Waals surface area contributed by atoms with Gasteiger partial charge in [-0.2, -0.15) is 0 Å². The van der Waals surface area contributed by atoms with Crippen molar-refractivity contribution in [2.24, 2.45) is 16.1 Å². The fourth-order valence-corrected chi connectivity index (χ4v) is 7.45. The molecule has 16 heteroatoms. The third-order valence-corrected chi connectivity index (χ3v) is 10.9. The van der Waals surface area contributed by atoms with Gasteiger partial charge in [-0.15, -0.1) is 21.6 Å². The first kappa shape index (κ1) is 43.9. The fourth-order valence-electron chi connectivity index (χ4n) is 6.53. The summed E-state index contributed by atoms with van der Waals surface area (Å²) in [6, 6.07) is 18.5. The van der Waals surface area contributed by atoms with E-state index in [0.29, 0.717) is 122 Å². The van der Waals surface area contributed by atoms with Crippen LogP contribution in [0.4, 0.5) is 27.9 Å². The molecular formula is C42H56IN6O8S+. The van der Waals surface area contributed by atoms with Crippen molar-refractivity contribution < 1.29 is 43.2 Å². The third kappa shape index (κ3) is 14.3. The SMILES string of the molecule is COCCOc1cc(N=Nc2nccs2)ccc1N1CCOc2cc(I)ccc2[NH2+]CC2CCOCCOCCN(CCOCCOC2)c2ccc(C)cc2OCC1. The third-order valence-electron chi connectivity index (χ3n) is 9.62. The number of aromatic nitrogens is 1. The minimum Gasteiger partial charge on any atom is -0.490 e. The van der Waals surface area contributed by atoms with Gasteiger partial charge in [0.25, 0.3) is 0 Å². The van der Waals surface area contributed by atoms with Crippen LogP contribution in [0.2, 0.25) is 0 Å². The molecule has 1 aromatic heterocycles. The van der Waals surface area contributed by atoms with Crippen molar-refractivity contribution in [2.75, 3.05) is 129 Å². The number of benzene rings is 3. The van der Waals surface area contributed by atoms with Gasteiger partial charge < -0.3 is 53.0 Å². The van der Waals surface area contributed by atoms with Gasteiger partial charge in [-0.25, -0.2) is 4.98 Å². The minimum absolute atomic E-state index is 0.271. The molecule has 14 nitrogen and oxygen atoms in total. The number of halogens is 1. The number of hydrogen-bond donors (Lipinski definition) is 1. The number of fused-ring (bicyclic) bond motifs is 11. The molecule has 3 aromatic carbocycles. The summed E-state index contributed by atoms with van der Waals surface area (Å²) in [7, 11) is 1.66. The molecule has 1 unspecified atom stereocenters. The highest BCUT2D eigenvalue weighted by molar-refractivity contribution is 14.1. The first-order valence-electron chi connectivity index (χ1n) is 19.9. The van der Waals surface area contributed by atoms with E-state index >= 15 is 0 Å². The van der Waals surface area contributed by atoms with Crippen LogP contribution in [0.1, 0.15) is 12.0 Å². The quantitative estimate of drug-likeness (QED) is 0.0711. The number of quaternary nitrogens is 1. The zero-order valence-electron chi connectivity index (χ0n) is 33.5. The van der Waals surface area contributed by atoms with E-state index in [1.165, 1.54) is 11.3 Å². The van der Waals surface area contributed by atoms with Gasteiger partial charge in [0.15, 0.2) is 11.4 Å².